The van der Waals surface area contributed by atoms with E-state index in [1.807, 2.05) is 0 Å². The first-order valence-corrected chi connectivity index (χ1v) is 10.5. The Morgan fingerprint density at radius 1 is 0.789 bits per heavy atom. The van der Waals surface area contributed by atoms with Crippen LogP contribution in [-0.2, 0) is 8.87 Å². The number of rotatable bonds is 13. The maximum absolute atomic E-state index is 10.9. The second-order valence-corrected chi connectivity index (χ2v) is 9.43. The molecule has 0 heterocycles. The Labute approximate surface area is 133 Å². The van der Waals surface area contributed by atoms with Crippen molar-refractivity contribution in [2.24, 2.45) is 5.73 Å². The summed E-state index contributed by atoms with van der Waals surface area (Å²) in [6.07, 6.45) is 13.8. The molecule has 0 amide bonds. The second kappa shape index (κ2) is 15.1. The molecule has 0 aromatic carbocycles. The van der Waals surface area contributed by atoms with Crippen LogP contribution in [0.1, 0.15) is 64.2 Å². The molecule has 6 heteroatoms. The highest BCUT2D eigenvalue weighted by Gasteiger charge is 2.01. The lowest BCUT2D eigenvalue weighted by atomic mass is 10.1. The molecule has 0 aromatic rings. The van der Waals surface area contributed by atoms with Crippen LogP contribution in [-0.4, -0.2) is 27.0 Å². The zero-order chi connectivity index (χ0) is 13.7. The summed E-state index contributed by atoms with van der Waals surface area (Å²) in [4.78, 5) is 0. The van der Waals surface area contributed by atoms with Gasteiger partial charge < -0.3 is 5.73 Å². The Balaban J connectivity index is 0. The van der Waals surface area contributed by atoms with Crippen molar-refractivity contribution in [1.29, 1.82) is 0 Å². The van der Waals surface area contributed by atoms with Gasteiger partial charge in [-0.1, -0.05) is 51.4 Å². The molecule has 0 aliphatic heterocycles. The van der Waals surface area contributed by atoms with Crippen molar-refractivity contribution in [3.63, 3.8) is 0 Å². The zero-order valence-electron chi connectivity index (χ0n) is 12.1. The number of hydrogen-bond acceptors (Lipinski definition) is 4. The van der Waals surface area contributed by atoms with Gasteiger partial charge in [0, 0.05) is 12.0 Å². The van der Waals surface area contributed by atoms with Gasteiger partial charge in [0.05, 0.1) is 0 Å². The van der Waals surface area contributed by atoms with Gasteiger partial charge in [0.2, 0.25) is 0 Å². The molecule has 0 saturated carbocycles. The van der Waals surface area contributed by atoms with Gasteiger partial charge >= 0.3 is 0 Å². The molecule has 0 fully saturated rings. The Morgan fingerprint density at radius 2 is 1.16 bits per heavy atom. The minimum Gasteiger partial charge on any atom is -0.330 e. The Bertz CT molecular complexity index is 272. The molecule has 0 atom stereocenters. The van der Waals surface area contributed by atoms with Crippen LogP contribution >= 0.6 is 27.8 Å². The van der Waals surface area contributed by atoms with Crippen LogP contribution in [0.25, 0.3) is 0 Å². The Hall–Kier alpha value is 0.740. The SMILES string of the molecule is Br.CS(=O)(=O)SCCCCCCCCCCCCN. The fourth-order valence-corrected chi connectivity index (χ4v) is 3.76. The number of hydrogen-bond donors (Lipinski definition) is 1. The first kappa shape index (κ1) is 22.0. The molecule has 19 heavy (non-hydrogen) atoms. The summed E-state index contributed by atoms with van der Waals surface area (Å²) in [5, 5.41) is 0. The quantitative estimate of drug-likeness (QED) is 0.388. The fourth-order valence-electron chi connectivity index (χ4n) is 1.87. The molecule has 0 rings (SSSR count). The van der Waals surface area contributed by atoms with Crippen LogP contribution in [0, 0.1) is 0 Å². The van der Waals surface area contributed by atoms with E-state index in [2.05, 4.69) is 0 Å². The molecule has 0 aromatic heterocycles. The van der Waals surface area contributed by atoms with Crippen molar-refractivity contribution in [2.75, 3.05) is 18.6 Å². The topological polar surface area (TPSA) is 60.2 Å². The van der Waals surface area contributed by atoms with Crippen molar-refractivity contribution >= 4 is 36.6 Å². The van der Waals surface area contributed by atoms with Gasteiger partial charge in [-0.25, -0.2) is 8.42 Å². The maximum atomic E-state index is 10.9. The van der Waals surface area contributed by atoms with Crippen LogP contribution in [0.5, 0.6) is 0 Å². The molecule has 0 saturated heterocycles. The van der Waals surface area contributed by atoms with Crippen molar-refractivity contribution in [2.45, 2.75) is 64.2 Å². The number of nitrogens with two attached hydrogens (primary N) is 1. The van der Waals surface area contributed by atoms with Gasteiger partial charge in [0.15, 0.2) is 8.87 Å². The first-order chi connectivity index (χ1) is 8.56. The van der Waals surface area contributed by atoms with E-state index in [0.29, 0.717) is 0 Å². The van der Waals surface area contributed by atoms with Crippen LogP contribution in [0.4, 0.5) is 0 Å². The molecule has 3 nitrogen and oxygen atoms in total. The predicted molar refractivity (Wildman–Crippen MR) is 92.8 cm³/mol. The lowest BCUT2D eigenvalue weighted by Crippen LogP contribution is -1.97. The van der Waals surface area contributed by atoms with Crippen LogP contribution in [0.3, 0.4) is 0 Å². The molecule has 0 spiro atoms. The maximum Gasteiger partial charge on any atom is 0.198 e. The van der Waals surface area contributed by atoms with E-state index < -0.39 is 8.87 Å². The average Bonchev–Trinajstić information content (AvgIpc) is 2.29. The van der Waals surface area contributed by atoms with Gasteiger partial charge in [-0.3, -0.25) is 0 Å². The summed E-state index contributed by atoms with van der Waals surface area (Å²) < 4.78 is 21.7. The third-order valence-electron chi connectivity index (χ3n) is 2.90. The molecule has 0 aliphatic carbocycles. The van der Waals surface area contributed by atoms with Crippen molar-refractivity contribution in [3.8, 4) is 0 Å². The van der Waals surface area contributed by atoms with E-state index in [0.717, 1.165) is 42.4 Å². The van der Waals surface area contributed by atoms with Gasteiger partial charge in [0.25, 0.3) is 0 Å². The Kier molecular flexibility index (Phi) is 17.5. The summed E-state index contributed by atoms with van der Waals surface area (Å²) >= 11 is 0. The standard InChI is InChI=1S/C13H29NO2S2.BrH/c1-18(15,16)17-13-11-9-7-5-3-2-4-6-8-10-12-14;/h2-14H2,1H3;1H. The largest absolute Gasteiger partial charge is 0.330 e. The lowest BCUT2D eigenvalue weighted by Gasteiger charge is -2.02. The van der Waals surface area contributed by atoms with Crippen LogP contribution in [0.15, 0.2) is 0 Å². The third-order valence-corrected chi connectivity index (χ3v) is 5.56. The second-order valence-electron chi connectivity index (χ2n) is 4.85. The van der Waals surface area contributed by atoms with Crippen molar-refractivity contribution in [1.82, 2.24) is 0 Å². The minimum absolute atomic E-state index is 0. The average molecular weight is 376 g/mol. The van der Waals surface area contributed by atoms with Crippen LogP contribution < -0.4 is 5.73 Å². The third kappa shape index (κ3) is 21.2. The molecule has 118 valence electrons. The first-order valence-electron chi connectivity index (χ1n) is 7.11. The molecular weight excluding hydrogens is 346 g/mol. The number of unbranched alkanes of at least 4 members (excludes halogenated alkanes) is 9. The van der Waals surface area contributed by atoms with Crippen LogP contribution in [0.2, 0.25) is 0 Å². The normalized spacial score (nSPS) is 11.3. The van der Waals surface area contributed by atoms with E-state index in [1.165, 1.54) is 51.2 Å². The molecule has 2 N–H and O–H groups in total. The molecule has 0 aliphatic rings. The summed E-state index contributed by atoms with van der Waals surface area (Å²) in [6.45, 7) is 0.825. The highest BCUT2D eigenvalue weighted by atomic mass is 79.9. The van der Waals surface area contributed by atoms with E-state index in [-0.39, 0.29) is 17.0 Å². The van der Waals surface area contributed by atoms with Gasteiger partial charge in [-0.2, -0.15) is 0 Å². The monoisotopic (exact) mass is 375 g/mol. The van der Waals surface area contributed by atoms with Crippen molar-refractivity contribution < 1.29 is 8.42 Å². The van der Waals surface area contributed by atoms with E-state index in [9.17, 15) is 8.42 Å². The fraction of sp³-hybridized carbons (Fsp3) is 1.00. The molecule has 0 radical (unpaired) electrons. The summed E-state index contributed by atoms with van der Waals surface area (Å²) in [6, 6.07) is 0. The number of halogens is 1. The molecule has 0 bridgehead atoms. The van der Waals surface area contributed by atoms with Gasteiger partial charge in [-0.05, 0) is 30.2 Å². The zero-order valence-corrected chi connectivity index (χ0v) is 15.4. The smallest absolute Gasteiger partial charge is 0.198 e. The summed E-state index contributed by atoms with van der Waals surface area (Å²) in [5.74, 6) is 0.748. The highest BCUT2D eigenvalue weighted by molar-refractivity contribution is 8.93. The van der Waals surface area contributed by atoms with Gasteiger partial charge in [-0.15, -0.1) is 17.0 Å². The predicted octanol–water partition coefficient (Wildman–Crippen LogP) is 4.12. The highest BCUT2D eigenvalue weighted by Crippen LogP contribution is 2.15. The van der Waals surface area contributed by atoms with E-state index in [4.69, 9.17) is 5.73 Å². The molecular formula is C13H30BrNO2S2. The minimum atomic E-state index is -2.83. The van der Waals surface area contributed by atoms with Crippen molar-refractivity contribution in [3.05, 3.63) is 0 Å². The molecule has 0 unspecified atom stereocenters. The Morgan fingerprint density at radius 3 is 1.53 bits per heavy atom. The van der Waals surface area contributed by atoms with E-state index in [1.54, 1.807) is 0 Å². The lowest BCUT2D eigenvalue weighted by molar-refractivity contribution is 0.559. The summed E-state index contributed by atoms with van der Waals surface area (Å²) in [7, 11) is -1.75. The van der Waals surface area contributed by atoms with Gasteiger partial charge in [0.1, 0.15) is 0 Å². The summed E-state index contributed by atoms with van der Waals surface area (Å²) in [5.41, 5.74) is 5.44. The van der Waals surface area contributed by atoms with E-state index >= 15 is 0 Å².